The Morgan fingerprint density at radius 1 is 1.12 bits per heavy atom. The smallest absolute Gasteiger partial charge is 0.226 e. The Hall–Kier alpha value is -2.60. The van der Waals surface area contributed by atoms with E-state index in [-0.39, 0.29) is 5.91 Å². The van der Waals surface area contributed by atoms with Crippen molar-refractivity contribution in [2.75, 3.05) is 18.5 Å². The number of fused-ring (bicyclic) bond motifs is 1. The Kier molecular flexibility index (Phi) is 5.85. The molecule has 0 saturated heterocycles. The van der Waals surface area contributed by atoms with Crippen LogP contribution in [0.25, 0.3) is 10.2 Å². The summed E-state index contributed by atoms with van der Waals surface area (Å²) in [6.45, 7) is 3.08. The summed E-state index contributed by atoms with van der Waals surface area (Å²) in [7, 11) is 0. The third-order valence-corrected chi connectivity index (χ3v) is 4.41. The largest absolute Gasteiger partial charge is 0.494 e. The van der Waals surface area contributed by atoms with Crippen molar-refractivity contribution >= 4 is 32.6 Å². The predicted octanol–water partition coefficient (Wildman–Crippen LogP) is 4.49. The van der Waals surface area contributed by atoms with Crippen LogP contribution in [0, 0.1) is 0 Å². The zero-order chi connectivity index (χ0) is 17.5. The maximum Gasteiger partial charge on any atom is 0.226 e. The number of aromatic nitrogens is 1. The molecule has 0 aliphatic carbocycles. The topological polar surface area (TPSA) is 60.5 Å². The van der Waals surface area contributed by atoms with Crippen molar-refractivity contribution in [2.24, 2.45) is 0 Å². The maximum absolute atomic E-state index is 12.0. The van der Waals surface area contributed by atoms with E-state index in [0.717, 1.165) is 21.7 Å². The second kappa shape index (κ2) is 8.48. The molecule has 0 saturated carbocycles. The van der Waals surface area contributed by atoms with E-state index in [1.807, 2.05) is 55.5 Å². The molecule has 0 atom stereocenters. The van der Waals surface area contributed by atoms with Gasteiger partial charge in [-0.1, -0.05) is 29.5 Å². The van der Waals surface area contributed by atoms with E-state index >= 15 is 0 Å². The third kappa shape index (κ3) is 4.93. The average Bonchev–Trinajstić information content (AvgIpc) is 3.01. The minimum atomic E-state index is -0.0549. The number of amides is 1. The van der Waals surface area contributed by atoms with Gasteiger partial charge in [-0.15, -0.1) is 0 Å². The number of ether oxygens (including phenoxy) is 2. The van der Waals surface area contributed by atoms with Gasteiger partial charge in [-0.2, -0.15) is 0 Å². The van der Waals surface area contributed by atoms with Crippen molar-refractivity contribution in [3.63, 3.8) is 0 Å². The zero-order valence-corrected chi connectivity index (χ0v) is 14.8. The summed E-state index contributed by atoms with van der Waals surface area (Å²) >= 11 is 1.45. The normalized spacial score (nSPS) is 10.6. The highest BCUT2D eigenvalue weighted by molar-refractivity contribution is 7.22. The average molecular weight is 356 g/mol. The van der Waals surface area contributed by atoms with E-state index in [1.54, 1.807) is 0 Å². The first kappa shape index (κ1) is 17.2. The highest BCUT2D eigenvalue weighted by atomic mass is 32.1. The summed E-state index contributed by atoms with van der Waals surface area (Å²) in [5.74, 6) is 1.58. The van der Waals surface area contributed by atoms with Crippen LogP contribution in [0.3, 0.4) is 0 Å². The van der Waals surface area contributed by atoms with Crippen LogP contribution in [-0.2, 0) is 4.79 Å². The molecule has 0 aliphatic rings. The Morgan fingerprint density at radius 3 is 2.76 bits per heavy atom. The Labute approximate surface area is 150 Å². The highest BCUT2D eigenvalue weighted by Crippen LogP contribution is 2.29. The van der Waals surface area contributed by atoms with Gasteiger partial charge in [0.25, 0.3) is 0 Å². The van der Waals surface area contributed by atoms with Crippen molar-refractivity contribution in [2.45, 2.75) is 19.8 Å². The first-order valence-electron chi connectivity index (χ1n) is 8.25. The minimum absolute atomic E-state index is 0.0549. The first-order chi connectivity index (χ1) is 12.2. The number of carbonyl (C=O) groups is 1. The summed E-state index contributed by atoms with van der Waals surface area (Å²) in [6, 6.07) is 15.3. The summed E-state index contributed by atoms with van der Waals surface area (Å²) in [5, 5.41) is 3.46. The van der Waals surface area contributed by atoms with E-state index in [0.29, 0.717) is 31.2 Å². The zero-order valence-electron chi connectivity index (χ0n) is 14.0. The van der Waals surface area contributed by atoms with Gasteiger partial charge in [-0.25, -0.2) is 4.98 Å². The van der Waals surface area contributed by atoms with E-state index in [4.69, 9.17) is 9.47 Å². The van der Waals surface area contributed by atoms with E-state index in [2.05, 4.69) is 10.3 Å². The lowest BCUT2D eigenvalue weighted by molar-refractivity contribution is -0.116. The molecule has 0 fully saturated rings. The molecule has 1 aromatic heterocycles. The molecule has 2 aromatic carbocycles. The number of nitrogens with zero attached hydrogens (tertiary/aromatic N) is 1. The standard InChI is InChI=1S/C19H20N2O3S/c1-2-23-15-10-11-16-17(13-15)25-19(20-16)21-18(22)9-6-12-24-14-7-4-3-5-8-14/h3-5,7-8,10-11,13H,2,6,9,12H2,1H3,(H,20,21,22). The fourth-order valence-electron chi connectivity index (χ4n) is 2.34. The van der Waals surface area contributed by atoms with Crippen LogP contribution in [0.1, 0.15) is 19.8 Å². The van der Waals surface area contributed by atoms with Gasteiger partial charge in [-0.3, -0.25) is 4.79 Å². The molecule has 6 heteroatoms. The van der Waals surface area contributed by atoms with Gasteiger partial charge in [0.2, 0.25) is 5.91 Å². The van der Waals surface area contributed by atoms with Crippen LogP contribution in [0.2, 0.25) is 0 Å². The lowest BCUT2D eigenvalue weighted by Crippen LogP contribution is -2.12. The van der Waals surface area contributed by atoms with Gasteiger partial charge in [0.05, 0.1) is 23.4 Å². The number of thiazole rings is 1. The molecule has 0 radical (unpaired) electrons. The molecule has 1 N–H and O–H groups in total. The number of para-hydroxylation sites is 1. The number of hydrogen-bond acceptors (Lipinski definition) is 5. The number of anilines is 1. The van der Waals surface area contributed by atoms with Gasteiger partial charge in [-0.05, 0) is 43.7 Å². The second-order valence-electron chi connectivity index (χ2n) is 5.39. The van der Waals surface area contributed by atoms with Crippen LogP contribution in [0.4, 0.5) is 5.13 Å². The van der Waals surface area contributed by atoms with Crippen molar-refractivity contribution in [3.8, 4) is 11.5 Å². The maximum atomic E-state index is 12.0. The molecule has 1 heterocycles. The van der Waals surface area contributed by atoms with E-state index in [9.17, 15) is 4.79 Å². The molecular weight excluding hydrogens is 336 g/mol. The molecule has 130 valence electrons. The van der Waals surface area contributed by atoms with Gasteiger partial charge in [0.15, 0.2) is 5.13 Å². The predicted molar refractivity (Wildman–Crippen MR) is 101 cm³/mol. The minimum Gasteiger partial charge on any atom is -0.494 e. The second-order valence-corrected chi connectivity index (χ2v) is 6.43. The van der Waals surface area contributed by atoms with E-state index < -0.39 is 0 Å². The summed E-state index contributed by atoms with van der Waals surface area (Å²) in [5.41, 5.74) is 0.858. The Morgan fingerprint density at radius 2 is 1.96 bits per heavy atom. The van der Waals surface area contributed by atoms with Crippen molar-refractivity contribution in [1.82, 2.24) is 4.98 Å². The molecule has 25 heavy (non-hydrogen) atoms. The fraction of sp³-hybridized carbons (Fsp3) is 0.263. The first-order valence-corrected chi connectivity index (χ1v) is 9.07. The number of nitrogens with one attached hydrogen (secondary N) is 1. The molecule has 1 amide bonds. The van der Waals surface area contributed by atoms with Crippen molar-refractivity contribution in [3.05, 3.63) is 48.5 Å². The number of benzene rings is 2. The monoisotopic (exact) mass is 356 g/mol. The van der Waals surface area contributed by atoms with Crippen molar-refractivity contribution in [1.29, 1.82) is 0 Å². The molecule has 5 nitrogen and oxygen atoms in total. The number of hydrogen-bond donors (Lipinski definition) is 1. The number of rotatable bonds is 8. The lowest BCUT2D eigenvalue weighted by atomic mass is 10.3. The summed E-state index contributed by atoms with van der Waals surface area (Å²) in [6.07, 6.45) is 1.05. The SMILES string of the molecule is CCOc1ccc2nc(NC(=O)CCCOc3ccccc3)sc2c1. The Bertz CT molecular complexity index is 833. The van der Waals surface area contributed by atoms with Gasteiger partial charge in [0, 0.05) is 6.42 Å². The Balaban J connectivity index is 1.48. The highest BCUT2D eigenvalue weighted by Gasteiger charge is 2.09. The van der Waals surface area contributed by atoms with Gasteiger partial charge in [0.1, 0.15) is 11.5 Å². The summed E-state index contributed by atoms with van der Waals surface area (Å²) < 4.78 is 12.1. The quantitative estimate of drug-likeness (QED) is 0.604. The van der Waals surface area contributed by atoms with Crippen LogP contribution in [-0.4, -0.2) is 24.1 Å². The summed E-state index contributed by atoms with van der Waals surface area (Å²) in [4.78, 5) is 16.5. The molecule has 0 bridgehead atoms. The van der Waals surface area contributed by atoms with Crippen LogP contribution in [0.5, 0.6) is 11.5 Å². The third-order valence-electron chi connectivity index (χ3n) is 3.48. The van der Waals surface area contributed by atoms with E-state index in [1.165, 1.54) is 11.3 Å². The number of carbonyl (C=O) groups excluding carboxylic acids is 1. The van der Waals surface area contributed by atoms with Crippen LogP contribution < -0.4 is 14.8 Å². The molecule has 0 spiro atoms. The molecule has 3 aromatic rings. The van der Waals surface area contributed by atoms with Crippen LogP contribution in [0.15, 0.2) is 48.5 Å². The molecule has 0 unspecified atom stereocenters. The fourth-order valence-corrected chi connectivity index (χ4v) is 3.25. The molecule has 3 rings (SSSR count). The van der Waals surface area contributed by atoms with Gasteiger partial charge >= 0.3 is 0 Å². The van der Waals surface area contributed by atoms with Gasteiger partial charge < -0.3 is 14.8 Å². The van der Waals surface area contributed by atoms with Crippen molar-refractivity contribution < 1.29 is 14.3 Å². The van der Waals surface area contributed by atoms with Crippen LogP contribution >= 0.6 is 11.3 Å². The lowest BCUT2D eigenvalue weighted by Gasteiger charge is -2.05. The molecular formula is C19H20N2O3S. The molecule has 0 aliphatic heterocycles.